The Bertz CT molecular complexity index is 302. The molecule has 1 nitrogen and oxygen atoms in total. The molecule has 0 N–H and O–H groups in total. The first-order chi connectivity index (χ1) is 10.1. The number of halogens is 2. The van der Waals surface area contributed by atoms with Crippen LogP contribution in [0.2, 0.25) is 0 Å². The number of alkyl halides is 2. The second kappa shape index (κ2) is 7.89. The molecule has 0 aliphatic heterocycles. The number of ether oxygens (including phenoxy) is 1. The Morgan fingerprint density at radius 1 is 1.00 bits per heavy atom. The van der Waals surface area contributed by atoms with E-state index < -0.39 is 18.4 Å². The molecule has 2 rings (SSSR count). The van der Waals surface area contributed by atoms with Gasteiger partial charge in [0.15, 0.2) is 6.17 Å². The van der Waals surface area contributed by atoms with Gasteiger partial charge in [-0.25, -0.2) is 8.78 Å². The Hall–Kier alpha value is -0.180. The second-order valence-corrected chi connectivity index (χ2v) is 7.24. The average molecular weight is 302 g/mol. The van der Waals surface area contributed by atoms with Gasteiger partial charge in [-0.1, -0.05) is 39.5 Å². The van der Waals surface area contributed by atoms with Crippen molar-refractivity contribution in [2.45, 2.75) is 84.2 Å². The number of hydrogen-bond donors (Lipinski definition) is 0. The summed E-state index contributed by atoms with van der Waals surface area (Å²) in [5, 5.41) is 0. The van der Waals surface area contributed by atoms with Gasteiger partial charge in [-0.2, -0.15) is 0 Å². The van der Waals surface area contributed by atoms with E-state index in [4.69, 9.17) is 4.74 Å². The molecule has 0 saturated heterocycles. The fourth-order valence-corrected chi connectivity index (χ4v) is 4.75. The molecular formula is C18H32F2O. The van der Waals surface area contributed by atoms with E-state index in [-0.39, 0.29) is 11.8 Å². The Morgan fingerprint density at radius 2 is 1.67 bits per heavy atom. The molecule has 5 atom stereocenters. The fourth-order valence-electron chi connectivity index (χ4n) is 4.75. The van der Waals surface area contributed by atoms with Crippen LogP contribution in [0.15, 0.2) is 0 Å². The zero-order chi connectivity index (χ0) is 15.4. The normalized spacial score (nSPS) is 44.7. The first-order valence-electron chi connectivity index (χ1n) is 8.98. The van der Waals surface area contributed by atoms with Gasteiger partial charge < -0.3 is 4.74 Å². The maximum atomic E-state index is 14.6. The molecule has 124 valence electrons. The molecular weight excluding hydrogens is 270 g/mol. The predicted molar refractivity (Wildman–Crippen MR) is 82.8 cm³/mol. The van der Waals surface area contributed by atoms with Gasteiger partial charge in [0.05, 0.1) is 6.10 Å². The first kappa shape index (κ1) is 17.2. The van der Waals surface area contributed by atoms with Crippen molar-refractivity contribution < 1.29 is 13.5 Å². The largest absolute Gasteiger partial charge is 0.375 e. The highest BCUT2D eigenvalue weighted by atomic mass is 19.2. The lowest BCUT2D eigenvalue weighted by Gasteiger charge is -2.44. The van der Waals surface area contributed by atoms with E-state index in [0.29, 0.717) is 18.9 Å². The van der Waals surface area contributed by atoms with Crippen molar-refractivity contribution in [1.29, 1.82) is 0 Å². The summed E-state index contributed by atoms with van der Waals surface area (Å²) in [6, 6.07) is 0. The van der Waals surface area contributed by atoms with Crippen LogP contribution < -0.4 is 0 Å². The summed E-state index contributed by atoms with van der Waals surface area (Å²) in [4.78, 5) is 0. The van der Waals surface area contributed by atoms with Crippen molar-refractivity contribution in [3.8, 4) is 0 Å². The average Bonchev–Trinajstić information content (AvgIpc) is 2.47. The fraction of sp³-hybridized carbons (Fsp3) is 1.00. The van der Waals surface area contributed by atoms with Crippen LogP contribution in [0, 0.1) is 23.7 Å². The summed E-state index contributed by atoms with van der Waals surface area (Å²) in [5.74, 6) is 1.33. The van der Waals surface area contributed by atoms with Gasteiger partial charge in [0.1, 0.15) is 6.17 Å². The minimum Gasteiger partial charge on any atom is -0.375 e. The van der Waals surface area contributed by atoms with Crippen molar-refractivity contribution in [3.05, 3.63) is 0 Å². The molecule has 21 heavy (non-hydrogen) atoms. The van der Waals surface area contributed by atoms with Crippen LogP contribution in [0.5, 0.6) is 0 Å². The first-order valence-corrected chi connectivity index (χ1v) is 8.98. The van der Waals surface area contributed by atoms with Gasteiger partial charge in [-0.05, 0) is 49.9 Å². The monoisotopic (exact) mass is 302 g/mol. The molecule has 2 saturated carbocycles. The molecule has 0 heterocycles. The van der Waals surface area contributed by atoms with Crippen LogP contribution in [0.3, 0.4) is 0 Å². The molecule has 0 aromatic carbocycles. The van der Waals surface area contributed by atoms with Gasteiger partial charge in [0, 0.05) is 6.61 Å². The summed E-state index contributed by atoms with van der Waals surface area (Å²) in [6.07, 6.45) is 4.51. The van der Waals surface area contributed by atoms with E-state index in [1.165, 1.54) is 25.7 Å². The third kappa shape index (κ3) is 3.97. The lowest BCUT2D eigenvalue weighted by atomic mass is 9.65. The van der Waals surface area contributed by atoms with Crippen LogP contribution >= 0.6 is 0 Å². The summed E-state index contributed by atoms with van der Waals surface area (Å²) in [7, 11) is 0. The summed E-state index contributed by atoms with van der Waals surface area (Å²) in [6.45, 7) is 6.64. The highest BCUT2D eigenvalue weighted by Crippen LogP contribution is 2.45. The minimum absolute atomic E-state index is 0.0979. The van der Waals surface area contributed by atoms with Crippen molar-refractivity contribution >= 4 is 0 Å². The highest BCUT2D eigenvalue weighted by Gasteiger charge is 2.47. The molecule has 2 fully saturated rings. The molecule has 0 aromatic heterocycles. The molecule has 2 aliphatic rings. The molecule has 0 aromatic rings. The van der Waals surface area contributed by atoms with E-state index in [0.717, 1.165) is 18.8 Å². The zero-order valence-corrected chi connectivity index (χ0v) is 13.9. The smallest absolute Gasteiger partial charge is 0.157 e. The molecule has 5 unspecified atom stereocenters. The lowest BCUT2D eigenvalue weighted by Crippen LogP contribution is -2.49. The summed E-state index contributed by atoms with van der Waals surface area (Å²) < 4.78 is 34.4. The van der Waals surface area contributed by atoms with E-state index in [9.17, 15) is 8.78 Å². The Labute approximate surface area is 128 Å². The van der Waals surface area contributed by atoms with Gasteiger partial charge in [-0.15, -0.1) is 0 Å². The van der Waals surface area contributed by atoms with Crippen molar-refractivity contribution in [3.63, 3.8) is 0 Å². The van der Waals surface area contributed by atoms with Crippen LogP contribution in [0.25, 0.3) is 0 Å². The maximum absolute atomic E-state index is 14.6. The van der Waals surface area contributed by atoms with E-state index in [2.05, 4.69) is 13.8 Å². The van der Waals surface area contributed by atoms with Crippen LogP contribution in [-0.2, 0) is 4.74 Å². The third-order valence-corrected chi connectivity index (χ3v) is 5.80. The molecule has 2 aliphatic carbocycles. The highest BCUT2D eigenvalue weighted by molar-refractivity contribution is 4.96. The third-order valence-electron chi connectivity index (χ3n) is 5.80. The van der Waals surface area contributed by atoms with Crippen LogP contribution in [0.1, 0.15) is 65.7 Å². The SMILES string of the molecule is CCCC1CCC(C2C(C)CC(OCC)C(F)C2F)CC1. The molecule has 0 radical (unpaired) electrons. The molecule has 0 amide bonds. The van der Waals surface area contributed by atoms with Gasteiger partial charge >= 0.3 is 0 Å². The Balaban J connectivity index is 1.94. The van der Waals surface area contributed by atoms with Crippen molar-refractivity contribution in [2.75, 3.05) is 6.61 Å². The van der Waals surface area contributed by atoms with Gasteiger partial charge in [0.2, 0.25) is 0 Å². The summed E-state index contributed by atoms with van der Waals surface area (Å²) in [5.41, 5.74) is 0. The lowest BCUT2D eigenvalue weighted by molar-refractivity contribution is -0.105. The molecule has 3 heteroatoms. The minimum atomic E-state index is -1.43. The number of hydrogen-bond acceptors (Lipinski definition) is 1. The van der Waals surface area contributed by atoms with Gasteiger partial charge in [0.25, 0.3) is 0 Å². The maximum Gasteiger partial charge on any atom is 0.157 e. The van der Waals surface area contributed by atoms with Gasteiger partial charge in [-0.3, -0.25) is 0 Å². The van der Waals surface area contributed by atoms with E-state index >= 15 is 0 Å². The quantitative estimate of drug-likeness (QED) is 0.667. The standard InChI is InChI=1S/C18H32F2O/c1-4-6-13-7-9-14(10-8-13)16-12(3)11-15(21-5-2)17(19)18(16)20/h12-18H,4-11H2,1-3H3. The van der Waals surface area contributed by atoms with Crippen LogP contribution in [-0.4, -0.2) is 25.1 Å². The molecule has 0 bridgehead atoms. The Morgan fingerprint density at radius 3 is 2.24 bits per heavy atom. The molecule has 0 spiro atoms. The van der Waals surface area contributed by atoms with E-state index in [1.807, 2.05) is 6.92 Å². The number of rotatable bonds is 5. The van der Waals surface area contributed by atoms with E-state index in [1.54, 1.807) is 0 Å². The second-order valence-electron chi connectivity index (χ2n) is 7.24. The van der Waals surface area contributed by atoms with Crippen molar-refractivity contribution in [2.24, 2.45) is 23.7 Å². The zero-order valence-electron chi connectivity index (χ0n) is 13.9. The topological polar surface area (TPSA) is 9.23 Å². The Kier molecular flexibility index (Phi) is 6.46. The van der Waals surface area contributed by atoms with Crippen LogP contribution in [0.4, 0.5) is 8.78 Å². The summed E-state index contributed by atoms with van der Waals surface area (Å²) >= 11 is 0. The van der Waals surface area contributed by atoms with Crippen molar-refractivity contribution in [1.82, 2.24) is 0 Å². The predicted octanol–water partition coefficient (Wildman–Crippen LogP) is 5.33.